The lowest BCUT2D eigenvalue weighted by Gasteiger charge is -2.34. The first-order valence-electron chi connectivity index (χ1n) is 9.62. The second-order valence-electron chi connectivity index (χ2n) is 7.14. The molecule has 0 aromatic carbocycles. The van der Waals surface area contributed by atoms with Gasteiger partial charge in [-0.15, -0.1) is 11.3 Å². The maximum absolute atomic E-state index is 12.7. The molecule has 0 bridgehead atoms. The number of hydrogen-bond acceptors (Lipinski definition) is 5. The van der Waals surface area contributed by atoms with Crippen molar-refractivity contribution in [1.29, 1.82) is 5.26 Å². The van der Waals surface area contributed by atoms with Crippen molar-refractivity contribution in [2.45, 2.75) is 46.2 Å². The second kappa shape index (κ2) is 9.68. The highest BCUT2D eigenvalue weighted by Gasteiger charge is 2.22. The third-order valence-corrected chi connectivity index (χ3v) is 6.90. The number of aryl methyl sites for hydroxylation is 2. The van der Waals surface area contributed by atoms with Gasteiger partial charge in [0.25, 0.3) is 0 Å². The molecule has 1 aliphatic rings. The van der Waals surface area contributed by atoms with E-state index in [0.29, 0.717) is 25.8 Å². The molecule has 2 aromatic rings. The van der Waals surface area contributed by atoms with Crippen LogP contribution in [0.3, 0.4) is 0 Å². The lowest BCUT2D eigenvalue weighted by molar-refractivity contribution is -0.132. The summed E-state index contributed by atoms with van der Waals surface area (Å²) in [5, 5.41) is 13.3. The highest BCUT2D eigenvalue weighted by molar-refractivity contribution is 9.11. The average molecular weight is 464 g/mol. The first kappa shape index (κ1) is 21.0. The Morgan fingerprint density at radius 1 is 1.29 bits per heavy atom. The van der Waals surface area contributed by atoms with Crippen LogP contribution in [0.15, 0.2) is 15.9 Å². The van der Waals surface area contributed by atoms with Gasteiger partial charge in [-0.2, -0.15) is 10.4 Å². The SMILES string of the molecule is Cc1nn(CCC#N)c(C)c1CCC(=O)N1CCN(Cc2ccc(Br)s2)CC1. The Kier molecular flexibility index (Phi) is 7.27. The molecule has 0 aliphatic carbocycles. The third-order valence-electron chi connectivity index (χ3n) is 5.29. The number of amides is 1. The average Bonchev–Trinajstić information content (AvgIpc) is 3.21. The van der Waals surface area contributed by atoms with Gasteiger partial charge in [-0.25, -0.2) is 0 Å². The van der Waals surface area contributed by atoms with Crippen LogP contribution in [-0.4, -0.2) is 51.7 Å². The monoisotopic (exact) mass is 463 g/mol. The van der Waals surface area contributed by atoms with E-state index in [2.05, 4.69) is 44.1 Å². The Hall–Kier alpha value is -1.69. The van der Waals surface area contributed by atoms with E-state index in [0.717, 1.165) is 53.5 Å². The smallest absolute Gasteiger partial charge is 0.222 e. The van der Waals surface area contributed by atoms with Crippen LogP contribution in [0.1, 0.15) is 34.7 Å². The fourth-order valence-electron chi connectivity index (χ4n) is 3.67. The number of hydrogen-bond donors (Lipinski definition) is 0. The minimum Gasteiger partial charge on any atom is -0.340 e. The summed E-state index contributed by atoms with van der Waals surface area (Å²) in [5.41, 5.74) is 3.19. The van der Waals surface area contributed by atoms with E-state index in [1.54, 1.807) is 11.3 Å². The molecule has 1 aliphatic heterocycles. The van der Waals surface area contributed by atoms with Crippen LogP contribution in [-0.2, 0) is 24.3 Å². The highest BCUT2D eigenvalue weighted by atomic mass is 79.9. The number of aromatic nitrogens is 2. The highest BCUT2D eigenvalue weighted by Crippen LogP contribution is 2.24. The molecule has 0 N–H and O–H groups in total. The molecular formula is C20H26BrN5OS. The molecule has 1 amide bonds. The molecule has 8 heteroatoms. The number of carbonyl (C=O) groups excluding carboxylic acids is 1. The van der Waals surface area contributed by atoms with Crippen LogP contribution < -0.4 is 0 Å². The molecule has 0 unspecified atom stereocenters. The van der Waals surface area contributed by atoms with Crippen molar-refractivity contribution in [3.8, 4) is 6.07 Å². The number of carbonyl (C=O) groups is 1. The van der Waals surface area contributed by atoms with Gasteiger partial charge in [0, 0.05) is 49.7 Å². The van der Waals surface area contributed by atoms with Crippen LogP contribution in [0.5, 0.6) is 0 Å². The van der Waals surface area contributed by atoms with Gasteiger partial charge in [-0.05, 0) is 53.9 Å². The van der Waals surface area contributed by atoms with E-state index in [-0.39, 0.29) is 5.91 Å². The van der Waals surface area contributed by atoms with Crippen molar-refractivity contribution in [2.75, 3.05) is 26.2 Å². The fraction of sp³-hybridized carbons (Fsp3) is 0.550. The molecule has 3 rings (SSSR count). The molecule has 150 valence electrons. The fourth-order valence-corrected chi connectivity index (χ4v) is 5.20. The lowest BCUT2D eigenvalue weighted by atomic mass is 10.1. The molecule has 0 radical (unpaired) electrons. The molecule has 1 saturated heterocycles. The number of nitrogens with zero attached hydrogens (tertiary/aromatic N) is 5. The van der Waals surface area contributed by atoms with Crippen molar-refractivity contribution < 1.29 is 4.79 Å². The second-order valence-corrected chi connectivity index (χ2v) is 9.69. The van der Waals surface area contributed by atoms with Crippen LogP contribution in [0, 0.1) is 25.2 Å². The first-order chi connectivity index (χ1) is 13.5. The standard InChI is InChI=1S/C20H26BrN5OS/c1-15-18(16(2)26(23-15)9-3-8-22)5-7-20(27)25-12-10-24(11-13-25)14-17-4-6-19(21)28-17/h4,6H,3,5,7,9-14H2,1-2H3. The van der Waals surface area contributed by atoms with E-state index in [1.165, 1.54) is 4.88 Å². The molecule has 28 heavy (non-hydrogen) atoms. The van der Waals surface area contributed by atoms with E-state index < -0.39 is 0 Å². The number of piperazine rings is 1. The minimum atomic E-state index is 0.224. The van der Waals surface area contributed by atoms with Gasteiger partial charge in [0.05, 0.1) is 28.5 Å². The van der Waals surface area contributed by atoms with E-state index in [1.807, 2.05) is 23.4 Å². The Morgan fingerprint density at radius 3 is 2.68 bits per heavy atom. The third kappa shape index (κ3) is 5.22. The predicted octanol–water partition coefficient (Wildman–Crippen LogP) is 3.51. The van der Waals surface area contributed by atoms with Crippen LogP contribution in [0.25, 0.3) is 0 Å². The zero-order valence-corrected chi connectivity index (χ0v) is 18.9. The summed E-state index contributed by atoms with van der Waals surface area (Å²) in [6.07, 6.45) is 1.68. The quantitative estimate of drug-likeness (QED) is 0.629. The summed E-state index contributed by atoms with van der Waals surface area (Å²) in [6.45, 7) is 9.01. The molecule has 0 atom stereocenters. The summed E-state index contributed by atoms with van der Waals surface area (Å²) in [5.74, 6) is 0.224. The van der Waals surface area contributed by atoms with Crippen molar-refractivity contribution in [2.24, 2.45) is 0 Å². The van der Waals surface area contributed by atoms with Gasteiger partial charge in [0.15, 0.2) is 0 Å². The largest absolute Gasteiger partial charge is 0.340 e. The van der Waals surface area contributed by atoms with Crippen molar-refractivity contribution in [3.05, 3.63) is 37.7 Å². The van der Waals surface area contributed by atoms with Crippen LogP contribution in [0.2, 0.25) is 0 Å². The topological polar surface area (TPSA) is 65.2 Å². The number of nitriles is 1. The Morgan fingerprint density at radius 2 is 2.04 bits per heavy atom. The predicted molar refractivity (Wildman–Crippen MR) is 114 cm³/mol. The van der Waals surface area contributed by atoms with Gasteiger partial charge in [0.2, 0.25) is 5.91 Å². The van der Waals surface area contributed by atoms with Gasteiger partial charge in [-0.1, -0.05) is 0 Å². The van der Waals surface area contributed by atoms with E-state index in [9.17, 15) is 4.79 Å². The van der Waals surface area contributed by atoms with Crippen molar-refractivity contribution in [1.82, 2.24) is 19.6 Å². The lowest BCUT2D eigenvalue weighted by Crippen LogP contribution is -2.48. The summed E-state index contributed by atoms with van der Waals surface area (Å²) in [7, 11) is 0. The van der Waals surface area contributed by atoms with E-state index in [4.69, 9.17) is 5.26 Å². The van der Waals surface area contributed by atoms with Crippen LogP contribution >= 0.6 is 27.3 Å². The maximum atomic E-state index is 12.7. The van der Waals surface area contributed by atoms with Gasteiger partial charge in [-0.3, -0.25) is 14.4 Å². The molecule has 6 nitrogen and oxygen atoms in total. The minimum absolute atomic E-state index is 0.224. The number of rotatable bonds is 7. The normalized spacial score (nSPS) is 15.0. The molecule has 0 saturated carbocycles. The Balaban J connectivity index is 1.47. The Bertz CT molecular complexity index is 861. The zero-order valence-electron chi connectivity index (χ0n) is 16.4. The van der Waals surface area contributed by atoms with Gasteiger partial charge < -0.3 is 4.90 Å². The van der Waals surface area contributed by atoms with E-state index >= 15 is 0 Å². The maximum Gasteiger partial charge on any atom is 0.222 e. The summed E-state index contributed by atoms with van der Waals surface area (Å²) < 4.78 is 3.05. The van der Waals surface area contributed by atoms with Crippen LogP contribution in [0.4, 0.5) is 0 Å². The molecule has 2 aromatic heterocycles. The van der Waals surface area contributed by atoms with Gasteiger partial charge >= 0.3 is 0 Å². The zero-order chi connectivity index (χ0) is 20.1. The van der Waals surface area contributed by atoms with Gasteiger partial charge in [0.1, 0.15) is 0 Å². The Labute approximate surface area is 178 Å². The number of halogens is 1. The van der Waals surface area contributed by atoms with Crippen molar-refractivity contribution >= 4 is 33.2 Å². The molecule has 1 fully saturated rings. The molecule has 0 spiro atoms. The molecular weight excluding hydrogens is 438 g/mol. The number of thiophene rings is 1. The summed E-state index contributed by atoms with van der Waals surface area (Å²) in [4.78, 5) is 18.4. The summed E-state index contributed by atoms with van der Waals surface area (Å²) >= 11 is 5.29. The molecule has 3 heterocycles. The summed E-state index contributed by atoms with van der Waals surface area (Å²) in [6, 6.07) is 6.41. The first-order valence-corrected chi connectivity index (χ1v) is 11.2. The van der Waals surface area contributed by atoms with Crippen molar-refractivity contribution in [3.63, 3.8) is 0 Å².